The molecule has 138 valence electrons. The van der Waals surface area contributed by atoms with Crippen molar-refractivity contribution in [1.82, 2.24) is 26.0 Å². The Morgan fingerprint density at radius 1 is 1.15 bits per heavy atom. The summed E-state index contributed by atoms with van der Waals surface area (Å²) in [6, 6.07) is 5.34. The molecule has 3 amide bonds. The van der Waals surface area contributed by atoms with Crippen molar-refractivity contribution in [2.24, 2.45) is 0 Å². The molecule has 0 spiro atoms. The van der Waals surface area contributed by atoms with Gasteiger partial charge in [0, 0.05) is 51.3 Å². The minimum absolute atomic E-state index is 0.126. The molecule has 1 aromatic carbocycles. The number of nitrogens with one attached hydrogen (secondary N) is 3. The molecule has 2 saturated heterocycles. The van der Waals surface area contributed by atoms with Gasteiger partial charge in [-0.2, -0.15) is 0 Å². The smallest absolute Gasteiger partial charge is 0.255 e. The van der Waals surface area contributed by atoms with Crippen molar-refractivity contribution < 1.29 is 14.4 Å². The van der Waals surface area contributed by atoms with Gasteiger partial charge in [0.1, 0.15) is 6.04 Å². The molecular formula is C18H23N5O3. The number of benzene rings is 1. The molecule has 0 saturated carbocycles. The lowest BCUT2D eigenvalue weighted by Gasteiger charge is -2.29. The van der Waals surface area contributed by atoms with Crippen LogP contribution in [0.25, 0.3) is 0 Å². The van der Waals surface area contributed by atoms with Crippen molar-refractivity contribution in [2.45, 2.75) is 32.0 Å². The third-order valence-electron chi connectivity index (χ3n) is 5.22. The molecule has 1 atom stereocenters. The van der Waals surface area contributed by atoms with Gasteiger partial charge >= 0.3 is 0 Å². The molecule has 3 aliphatic heterocycles. The van der Waals surface area contributed by atoms with Crippen LogP contribution in [-0.4, -0.2) is 59.9 Å². The number of imide groups is 1. The predicted octanol–water partition coefficient (Wildman–Crippen LogP) is -0.643. The molecule has 0 aliphatic carbocycles. The predicted molar refractivity (Wildman–Crippen MR) is 93.8 cm³/mol. The Hall–Kier alpha value is -2.29. The fraction of sp³-hybridized carbons (Fsp3) is 0.500. The van der Waals surface area contributed by atoms with Crippen molar-refractivity contribution in [3.8, 4) is 0 Å². The Labute approximate surface area is 151 Å². The van der Waals surface area contributed by atoms with Gasteiger partial charge in [-0.3, -0.25) is 25.1 Å². The summed E-state index contributed by atoms with van der Waals surface area (Å²) in [6.07, 6.45) is 0.665. The molecule has 0 aromatic heterocycles. The van der Waals surface area contributed by atoms with E-state index in [1.54, 1.807) is 4.90 Å². The van der Waals surface area contributed by atoms with E-state index in [-0.39, 0.29) is 24.1 Å². The van der Waals surface area contributed by atoms with Crippen LogP contribution in [0.3, 0.4) is 0 Å². The number of amides is 3. The normalized spacial score (nSPS) is 23.9. The Balaban J connectivity index is 1.43. The maximum atomic E-state index is 12.8. The zero-order chi connectivity index (χ0) is 18.1. The van der Waals surface area contributed by atoms with E-state index in [0.717, 1.165) is 37.3 Å². The number of rotatable bonds is 4. The molecule has 0 bridgehead atoms. The van der Waals surface area contributed by atoms with Crippen LogP contribution in [0.1, 0.15) is 34.3 Å². The van der Waals surface area contributed by atoms with Gasteiger partial charge in [-0.25, -0.2) is 5.01 Å². The topological polar surface area (TPSA) is 93.8 Å². The van der Waals surface area contributed by atoms with Gasteiger partial charge in [0.05, 0.1) is 0 Å². The highest BCUT2D eigenvalue weighted by Gasteiger charge is 2.39. The van der Waals surface area contributed by atoms with Crippen LogP contribution >= 0.6 is 0 Å². The van der Waals surface area contributed by atoms with E-state index in [1.165, 1.54) is 0 Å². The first-order valence-electron chi connectivity index (χ1n) is 9.07. The minimum Gasteiger partial charge on any atom is -0.322 e. The number of carbonyl (C=O) groups is 3. The fourth-order valence-corrected chi connectivity index (χ4v) is 3.74. The van der Waals surface area contributed by atoms with Crippen molar-refractivity contribution >= 4 is 17.7 Å². The van der Waals surface area contributed by atoms with E-state index in [9.17, 15) is 14.4 Å². The number of piperidine rings is 1. The summed E-state index contributed by atoms with van der Waals surface area (Å²) in [7, 11) is 0. The molecule has 3 N–H and O–H groups in total. The third-order valence-corrected chi connectivity index (χ3v) is 5.22. The lowest BCUT2D eigenvalue weighted by atomic mass is 10.0. The first kappa shape index (κ1) is 17.1. The van der Waals surface area contributed by atoms with Crippen LogP contribution in [0.15, 0.2) is 18.2 Å². The van der Waals surface area contributed by atoms with Gasteiger partial charge in [0.15, 0.2) is 0 Å². The summed E-state index contributed by atoms with van der Waals surface area (Å²) in [5.41, 5.74) is 6.04. The van der Waals surface area contributed by atoms with E-state index < -0.39 is 6.04 Å². The summed E-state index contributed by atoms with van der Waals surface area (Å²) in [6.45, 7) is 4.93. The molecule has 2 fully saturated rings. The van der Waals surface area contributed by atoms with Crippen LogP contribution < -0.4 is 16.1 Å². The molecular weight excluding hydrogens is 334 g/mol. The zero-order valence-electron chi connectivity index (χ0n) is 14.6. The minimum atomic E-state index is -0.560. The first-order chi connectivity index (χ1) is 12.6. The Bertz CT molecular complexity index is 744. The van der Waals surface area contributed by atoms with Crippen LogP contribution in [-0.2, 0) is 22.7 Å². The summed E-state index contributed by atoms with van der Waals surface area (Å²) in [5, 5.41) is 7.82. The summed E-state index contributed by atoms with van der Waals surface area (Å²) in [4.78, 5) is 37.8. The van der Waals surface area contributed by atoms with E-state index >= 15 is 0 Å². The monoisotopic (exact) mass is 357 g/mol. The van der Waals surface area contributed by atoms with Gasteiger partial charge in [-0.15, -0.1) is 0 Å². The number of hydrogen-bond donors (Lipinski definition) is 3. The van der Waals surface area contributed by atoms with E-state index in [0.29, 0.717) is 25.1 Å². The standard InChI is InChI=1S/C18H23N5O3/c24-16-4-3-15(17(25)21-16)23-11-13-2-1-12(9-14(13)18(23)26)10-20-22-7-5-19-6-8-22/h1-2,9,15,19-20H,3-8,10-11H2,(H,21,24,25). The molecule has 0 radical (unpaired) electrons. The van der Waals surface area contributed by atoms with Crippen molar-refractivity contribution in [2.75, 3.05) is 26.2 Å². The van der Waals surface area contributed by atoms with Crippen LogP contribution in [0.5, 0.6) is 0 Å². The quantitative estimate of drug-likeness (QED) is 0.621. The maximum Gasteiger partial charge on any atom is 0.255 e. The van der Waals surface area contributed by atoms with Gasteiger partial charge in [-0.1, -0.05) is 12.1 Å². The van der Waals surface area contributed by atoms with E-state index in [4.69, 9.17) is 0 Å². The maximum absolute atomic E-state index is 12.8. The molecule has 3 aliphatic rings. The second-order valence-electron chi connectivity index (χ2n) is 6.96. The first-order valence-corrected chi connectivity index (χ1v) is 9.07. The molecule has 8 heteroatoms. The van der Waals surface area contributed by atoms with Gasteiger partial charge in [-0.05, 0) is 23.6 Å². The van der Waals surface area contributed by atoms with Crippen molar-refractivity contribution in [1.29, 1.82) is 0 Å². The number of hydrogen-bond acceptors (Lipinski definition) is 6. The Morgan fingerprint density at radius 3 is 2.73 bits per heavy atom. The van der Waals surface area contributed by atoms with Gasteiger partial charge < -0.3 is 10.2 Å². The van der Waals surface area contributed by atoms with Crippen LogP contribution in [0.2, 0.25) is 0 Å². The molecule has 1 unspecified atom stereocenters. The Morgan fingerprint density at radius 2 is 1.96 bits per heavy atom. The second-order valence-corrected chi connectivity index (χ2v) is 6.96. The average molecular weight is 357 g/mol. The molecule has 26 heavy (non-hydrogen) atoms. The van der Waals surface area contributed by atoms with Crippen molar-refractivity contribution in [3.63, 3.8) is 0 Å². The lowest BCUT2D eigenvalue weighted by molar-refractivity contribution is -0.136. The number of nitrogens with zero attached hydrogens (tertiary/aromatic N) is 2. The highest BCUT2D eigenvalue weighted by atomic mass is 16.2. The summed E-state index contributed by atoms with van der Waals surface area (Å²) >= 11 is 0. The number of hydrazine groups is 1. The van der Waals surface area contributed by atoms with Crippen LogP contribution in [0, 0.1) is 0 Å². The lowest BCUT2D eigenvalue weighted by Crippen LogP contribution is -2.52. The third kappa shape index (κ3) is 3.35. The molecule has 4 rings (SSSR count). The van der Waals surface area contributed by atoms with Crippen LogP contribution in [0.4, 0.5) is 0 Å². The van der Waals surface area contributed by atoms with Crippen molar-refractivity contribution in [3.05, 3.63) is 34.9 Å². The average Bonchev–Trinajstić information content (AvgIpc) is 2.97. The second kappa shape index (κ2) is 7.14. The zero-order valence-corrected chi connectivity index (χ0v) is 14.6. The summed E-state index contributed by atoms with van der Waals surface area (Å²) in [5.74, 6) is -0.766. The van der Waals surface area contributed by atoms with Gasteiger partial charge in [0.2, 0.25) is 11.8 Å². The number of piperazine rings is 1. The van der Waals surface area contributed by atoms with E-state index in [2.05, 4.69) is 21.1 Å². The van der Waals surface area contributed by atoms with E-state index in [1.807, 2.05) is 18.2 Å². The van der Waals surface area contributed by atoms with Gasteiger partial charge in [0.25, 0.3) is 5.91 Å². The molecule has 8 nitrogen and oxygen atoms in total. The Kier molecular flexibility index (Phi) is 4.71. The highest BCUT2D eigenvalue weighted by molar-refractivity contribution is 6.05. The fourth-order valence-electron chi connectivity index (χ4n) is 3.74. The molecule has 3 heterocycles. The number of carbonyl (C=O) groups excluding carboxylic acids is 3. The summed E-state index contributed by atoms with van der Waals surface area (Å²) < 4.78 is 0. The largest absolute Gasteiger partial charge is 0.322 e. The number of fused-ring (bicyclic) bond motifs is 1. The molecule has 1 aromatic rings. The highest BCUT2D eigenvalue weighted by Crippen LogP contribution is 2.28. The SMILES string of the molecule is O=C1CCC(N2Cc3ccc(CNN4CCNCC4)cc3C2=O)C(=O)N1.